The normalized spacial score (nSPS) is 11.3. The standard InChI is InChI=1S/C18H20N4O3S/c1-25-15-6-7-16-17(12-15)26-18(19-16)21-20-13-2-4-14(5-3-13)22(8-10-23)9-11-24/h2-7,12,23-24H,8-11H2,1H3/b21-20+. The maximum absolute atomic E-state index is 9.11. The predicted molar refractivity (Wildman–Crippen MR) is 103 cm³/mol. The number of anilines is 1. The summed E-state index contributed by atoms with van der Waals surface area (Å²) < 4.78 is 6.21. The Balaban J connectivity index is 1.74. The summed E-state index contributed by atoms with van der Waals surface area (Å²) >= 11 is 1.45. The first-order valence-corrected chi connectivity index (χ1v) is 8.98. The third-order valence-electron chi connectivity index (χ3n) is 3.79. The summed E-state index contributed by atoms with van der Waals surface area (Å²) in [7, 11) is 1.63. The fourth-order valence-corrected chi connectivity index (χ4v) is 3.32. The van der Waals surface area contributed by atoms with E-state index in [0.29, 0.717) is 23.9 Å². The zero-order valence-electron chi connectivity index (χ0n) is 14.4. The number of hydrogen-bond donors (Lipinski definition) is 2. The lowest BCUT2D eigenvalue weighted by Crippen LogP contribution is -2.29. The molecule has 8 heteroatoms. The van der Waals surface area contributed by atoms with Crippen LogP contribution >= 0.6 is 11.3 Å². The molecule has 0 aliphatic carbocycles. The molecule has 0 fully saturated rings. The van der Waals surface area contributed by atoms with Gasteiger partial charge in [0, 0.05) is 18.8 Å². The fraction of sp³-hybridized carbons (Fsp3) is 0.278. The van der Waals surface area contributed by atoms with Gasteiger partial charge in [-0.3, -0.25) is 0 Å². The second-order valence-electron chi connectivity index (χ2n) is 5.48. The highest BCUT2D eigenvalue weighted by molar-refractivity contribution is 7.21. The zero-order valence-corrected chi connectivity index (χ0v) is 15.2. The number of fused-ring (bicyclic) bond motifs is 1. The van der Waals surface area contributed by atoms with Gasteiger partial charge in [-0.1, -0.05) is 11.3 Å². The Morgan fingerprint density at radius 1 is 1.04 bits per heavy atom. The van der Waals surface area contributed by atoms with Crippen LogP contribution in [0.2, 0.25) is 0 Å². The third kappa shape index (κ3) is 4.34. The van der Waals surface area contributed by atoms with Gasteiger partial charge in [0.1, 0.15) is 5.75 Å². The van der Waals surface area contributed by atoms with Gasteiger partial charge in [0.05, 0.1) is 36.2 Å². The molecule has 136 valence electrons. The highest BCUT2D eigenvalue weighted by atomic mass is 32.1. The highest BCUT2D eigenvalue weighted by Crippen LogP contribution is 2.32. The van der Waals surface area contributed by atoms with Crippen molar-refractivity contribution in [1.82, 2.24) is 4.98 Å². The molecule has 0 atom stereocenters. The molecule has 0 aliphatic heterocycles. The Labute approximate surface area is 155 Å². The Kier molecular flexibility index (Phi) is 6.11. The lowest BCUT2D eigenvalue weighted by Gasteiger charge is -2.22. The summed E-state index contributed by atoms with van der Waals surface area (Å²) in [4.78, 5) is 6.34. The van der Waals surface area contributed by atoms with E-state index in [0.717, 1.165) is 21.7 Å². The molecule has 0 spiro atoms. The maximum Gasteiger partial charge on any atom is 0.231 e. The van der Waals surface area contributed by atoms with Crippen LogP contribution in [-0.4, -0.2) is 48.6 Å². The van der Waals surface area contributed by atoms with Crippen LogP contribution in [0, 0.1) is 0 Å². The van der Waals surface area contributed by atoms with E-state index in [1.54, 1.807) is 7.11 Å². The fourth-order valence-electron chi connectivity index (χ4n) is 2.50. The number of methoxy groups -OCH3 is 1. The molecule has 2 N–H and O–H groups in total. The molecule has 26 heavy (non-hydrogen) atoms. The van der Waals surface area contributed by atoms with Gasteiger partial charge in [-0.2, -0.15) is 0 Å². The molecule has 1 heterocycles. The van der Waals surface area contributed by atoms with Gasteiger partial charge >= 0.3 is 0 Å². The van der Waals surface area contributed by atoms with Crippen molar-refractivity contribution in [3.8, 4) is 5.75 Å². The van der Waals surface area contributed by atoms with E-state index in [2.05, 4.69) is 15.2 Å². The molecule has 0 saturated carbocycles. The minimum absolute atomic E-state index is 0.0316. The summed E-state index contributed by atoms with van der Waals surface area (Å²) in [5.74, 6) is 0.788. The number of azo groups is 1. The number of benzene rings is 2. The van der Waals surface area contributed by atoms with Crippen LogP contribution < -0.4 is 9.64 Å². The van der Waals surface area contributed by atoms with Crippen molar-refractivity contribution in [3.63, 3.8) is 0 Å². The van der Waals surface area contributed by atoms with Gasteiger partial charge in [-0.25, -0.2) is 4.98 Å². The Morgan fingerprint density at radius 3 is 2.42 bits per heavy atom. The average molecular weight is 372 g/mol. The molecule has 2 aromatic carbocycles. The first-order chi connectivity index (χ1) is 12.7. The van der Waals surface area contributed by atoms with Crippen molar-refractivity contribution >= 4 is 38.1 Å². The van der Waals surface area contributed by atoms with Crippen LogP contribution in [0.25, 0.3) is 10.2 Å². The Hall–Kier alpha value is -2.55. The molecule has 7 nitrogen and oxygen atoms in total. The number of rotatable bonds is 8. The van der Waals surface area contributed by atoms with Gasteiger partial charge in [0.2, 0.25) is 5.13 Å². The van der Waals surface area contributed by atoms with E-state index in [-0.39, 0.29) is 13.2 Å². The smallest absolute Gasteiger partial charge is 0.231 e. The number of thiazole rings is 1. The number of hydrogen-bond acceptors (Lipinski definition) is 8. The number of nitrogens with zero attached hydrogens (tertiary/aromatic N) is 4. The summed E-state index contributed by atoms with van der Waals surface area (Å²) in [6, 6.07) is 13.2. The molecule has 0 radical (unpaired) electrons. The van der Waals surface area contributed by atoms with E-state index in [1.165, 1.54) is 11.3 Å². The molecule has 3 rings (SSSR count). The monoisotopic (exact) mass is 372 g/mol. The molecular formula is C18H20N4O3S. The van der Waals surface area contributed by atoms with Crippen LogP contribution in [0.5, 0.6) is 5.75 Å². The van der Waals surface area contributed by atoms with Crippen molar-refractivity contribution in [2.24, 2.45) is 10.2 Å². The van der Waals surface area contributed by atoms with E-state index in [9.17, 15) is 0 Å². The lowest BCUT2D eigenvalue weighted by atomic mass is 10.2. The van der Waals surface area contributed by atoms with E-state index >= 15 is 0 Å². The van der Waals surface area contributed by atoms with Crippen LogP contribution in [-0.2, 0) is 0 Å². The molecule has 0 saturated heterocycles. The van der Waals surface area contributed by atoms with Crippen LogP contribution in [0.15, 0.2) is 52.7 Å². The van der Waals surface area contributed by atoms with Gasteiger partial charge < -0.3 is 19.8 Å². The summed E-state index contributed by atoms with van der Waals surface area (Å²) in [6.45, 7) is 1.00. The van der Waals surface area contributed by atoms with E-state index in [1.807, 2.05) is 47.4 Å². The van der Waals surface area contributed by atoms with Gasteiger partial charge in [0.25, 0.3) is 0 Å². The topological polar surface area (TPSA) is 90.5 Å². The van der Waals surface area contributed by atoms with Crippen LogP contribution in [0.4, 0.5) is 16.5 Å². The number of ether oxygens (including phenoxy) is 1. The average Bonchev–Trinajstić information content (AvgIpc) is 3.08. The second-order valence-corrected chi connectivity index (χ2v) is 6.49. The quantitative estimate of drug-likeness (QED) is 0.591. The van der Waals surface area contributed by atoms with Crippen molar-refractivity contribution in [2.45, 2.75) is 0 Å². The minimum atomic E-state index is 0.0316. The first kappa shape index (κ1) is 18.2. The van der Waals surface area contributed by atoms with E-state index in [4.69, 9.17) is 14.9 Å². The van der Waals surface area contributed by atoms with Crippen LogP contribution in [0.1, 0.15) is 0 Å². The molecule has 0 amide bonds. The third-order valence-corrected chi connectivity index (χ3v) is 4.69. The maximum atomic E-state index is 9.11. The van der Waals surface area contributed by atoms with Crippen molar-refractivity contribution < 1.29 is 14.9 Å². The van der Waals surface area contributed by atoms with E-state index < -0.39 is 0 Å². The van der Waals surface area contributed by atoms with Gasteiger partial charge in [-0.05, 0) is 42.5 Å². The van der Waals surface area contributed by atoms with Crippen molar-refractivity contribution in [2.75, 3.05) is 38.3 Å². The molecule has 0 aliphatic rings. The first-order valence-electron chi connectivity index (χ1n) is 8.16. The Morgan fingerprint density at radius 2 is 1.77 bits per heavy atom. The number of aliphatic hydroxyl groups excluding tert-OH is 2. The lowest BCUT2D eigenvalue weighted by molar-refractivity contribution is 0.281. The minimum Gasteiger partial charge on any atom is -0.497 e. The molecule has 3 aromatic rings. The number of aliphatic hydroxyl groups is 2. The van der Waals surface area contributed by atoms with Gasteiger partial charge in [0.15, 0.2) is 0 Å². The predicted octanol–water partition coefficient (Wildman–Crippen LogP) is 3.51. The van der Waals surface area contributed by atoms with Crippen molar-refractivity contribution in [3.05, 3.63) is 42.5 Å². The largest absolute Gasteiger partial charge is 0.497 e. The number of aromatic nitrogens is 1. The molecule has 0 unspecified atom stereocenters. The van der Waals surface area contributed by atoms with Crippen LogP contribution in [0.3, 0.4) is 0 Å². The summed E-state index contributed by atoms with van der Waals surface area (Å²) in [6.07, 6.45) is 0. The molecular weight excluding hydrogens is 352 g/mol. The SMILES string of the molecule is COc1ccc2nc(/N=N/c3ccc(N(CCO)CCO)cc3)sc2c1. The summed E-state index contributed by atoms with van der Waals surface area (Å²) in [5, 5.41) is 27.3. The second kappa shape index (κ2) is 8.70. The molecule has 0 bridgehead atoms. The molecule has 1 aromatic heterocycles. The zero-order chi connectivity index (χ0) is 18.4. The highest BCUT2D eigenvalue weighted by Gasteiger charge is 2.06. The van der Waals surface area contributed by atoms with Crippen molar-refractivity contribution in [1.29, 1.82) is 0 Å². The summed E-state index contributed by atoms with van der Waals surface area (Å²) in [5.41, 5.74) is 2.49. The van der Waals surface area contributed by atoms with Gasteiger partial charge in [-0.15, -0.1) is 10.2 Å². The Bertz CT molecular complexity index is 874.